The summed E-state index contributed by atoms with van der Waals surface area (Å²) in [5.41, 5.74) is 3.09. The number of thiazole rings is 1. The van der Waals surface area contributed by atoms with E-state index in [9.17, 15) is 9.59 Å². The van der Waals surface area contributed by atoms with Crippen molar-refractivity contribution in [3.63, 3.8) is 0 Å². The molecule has 1 aliphatic heterocycles. The van der Waals surface area contributed by atoms with Gasteiger partial charge >= 0.3 is 5.97 Å². The Bertz CT molecular complexity index is 1760. The van der Waals surface area contributed by atoms with Crippen LogP contribution < -0.4 is 24.4 Å². The number of benzene rings is 3. The Hall–Kier alpha value is -4.08. The van der Waals surface area contributed by atoms with Crippen molar-refractivity contribution >= 4 is 35.1 Å². The number of fused-ring (bicyclic) bond motifs is 1. The second-order valence-electron chi connectivity index (χ2n) is 9.03. The Balaban J connectivity index is 1.61. The summed E-state index contributed by atoms with van der Waals surface area (Å²) in [5, 5.41) is 0. The minimum Gasteiger partial charge on any atom is -0.493 e. The fourth-order valence-corrected chi connectivity index (χ4v) is 6.03. The van der Waals surface area contributed by atoms with Gasteiger partial charge in [0.1, 0.15) is 6.61 Å². The highest BCUT2D eigenvalue weighted by molar-refractivity contribution is 7.98. The van der Waals surface area contributed by atoms with Crippen LogP contribution in [0.5, 0.6) is 11.5 Å². The van der Waals surface area contributed by atoms with Gasteiger partial charge < -0.3 is 14.2 Å². The van der Waals surface area contributed by atoms with Gasteiger partial charge in [-0.3, -0.25) is 9.36 Å². The van der Waals surface area contributed by atoms with Gasteiger partial charge in [-0.2, -0.15) is 0 Å². The Morgan fingerprint density at radius 3 is 2.42 bits per heavy atom. The van der Waals surface area contributed by atoms with E-state index in [4.69, 9.17) is 14.2 Å². The number of ether oxygens (including phenoxy) is 3. The number of nitrogens with zero attached hydrogens (tertiary/aromatic N) is 2. The zero-order valence-corrected chi connectivity index (χ0v) is 24.2. The standard InChI is InChI=1S/C31H28N2O5S2/c1-19-27(30(35)38-18-20-8-6-5-7-9-20)28(22-11-13-23(39-4)14-12-22)33-29(34)26(40-31(33)32-19)17-21-10-15-24(36-2)25(16-21)37-3/h5-17,28H,18H2,1-4H3. The summed E-state index contributed by atoms with van der Waals surface area (Å²) in [5.74, 6) is 0.664. The summed E-state index contributed by atoms with van der Waals surface area (Å²) in [6.45, 7) is 1.91. The van der Waals surface area contributed by atoms with Crippen molar-refractivity contribution in [2.24, 2.45) is 4.99 Å². The lowest BCUT2D eigenvalue weighted by Gasteiger charge is -2.25. The zero-order valence-electron chi connectivity index (χ0n) is 22.5. The van der Waals surface area contributed by atoms with E-state index in [1.54, 1.807) is 49.6 Å². The molecule has 4 aromatic rings. The van der Waals surface area contributed by atoms with E-state index in [1.807, 2.05) is 73.0 Å². The maximum absolute atomic E-state index is 13.9. The van der Waals surface area contributed by atoms with E-state index in [0.29, 0.717) is 32.1 Å². The fourth-order valence-electron chi connectivity index (χ4n) is 4.58. The molecule has 0 spiro atoms. The Kier molecular flexibility index (Phi) is 8.23. The first-order valence-corrected chi connectivity index (χ1v) is 14.6. The number of allylic oxidation sites excluding steroid dienone is 1. The first-order valence-electron chi connectivity index (χ1n) is 12.5. The molecule has 0 bridgehead atoms. The third-order valence-electron chi connectivity index (χ3n) is 6.59. The summed E-state index contributed by atoms with van der Waals surface area (Å²) in [6.07, 6.45) is 3.80. The molecule has 1 unspecified atom stereocenters. The summed E-state index contributed by atoms with van der Waals surface area (Å²) in [4.78, 5) is 33.7. The van der Waals surface area contributed by atoms with E-state index in [-0.39, 0.29) is 12.2 Å². The highest BCUT2D eigenvalue weighted by Crippen LogP contribution is 2.32. The monoisotopic (exact) mass is 572 g/mol. The molecule has 0 saturated carbocycles. The molecule has 5 rings (SSSR count). The predicted molar refractivity (Wildman–Crippen MR) is 158 cm³/mol. The van der Waals surface area contributed by atoms with E-state index >= 15 is 0 Å². The number of aromatic nitrogens is 1. The molecule has 9 heteroatoms. The van der Waals surface area contributed by atoms with Gasteiger partial charge in [-0.1, -0.05) is 59.9 Å². The molecule has 1 aromatic heterocycles. The van der Waals surface area contributed by atoms with Crippen LogP contribution in [0.3, 0.4) is 0 Å². The molecule has 2 heterocycles. The molecule has 0 N–H and O–H groups in total. The smallest absolute Gasteiger partial charge is 0.338 e. The number of esters is 1. The van der Waals surface area contributed by atoms with Crippen LogP contribution in [0.1, 0.15) is 29.7 Å². The van der Waals surface area contributed by atoms with Crippen molar-refractivity contribution in [2.75, 3.05) is 20.5 Å². The third kappa shape index (κ3) is 5.48. The minimum atomic E-state index is -0.678. The number of methoxy groups -OCH3 is 2. The molecule has 204 valence electrons. The highest BCUT2D eigenvalue weighted by Gasteiger charge is 2.33. The van der Waals surface area contributed by atoms with Gasteiger partial charge in [0.15, 0.2) is 16.3 Å². The van der Waals surface area contributed by atoms with Gasteiger partial charge in [-0.15, -0.1) is 11.8 Å². The molecule has 40 heavy (non-hydrogen) atoms. The second kappa shape index (κ2) is 12.0. The molecule has 0 aliphatic carbocycles. The average Bonchev–Trinajstić information content (AvgIpc) is 3.29. The van der Waals surface area contributed by atoms with Crippen LogP contribution in [0.15, 0.2) is 98.7 Å². The van der Waals surface area contributed by atoms with Crippen LogP contribution in [-0.2, 0) is 16.1 Å². The van der Waals surface area contributed by atoms with Crippen molar-refractivity contribution in [1.82, 2.24) is 4.57 Å². The van der Waals surface area contributed by atoms with Crippen LogP contribution in [0.2, 0.25) is 0 Å². The lowest BCUT2D eigenvalue weighted by molar-refractivity contribution is -0.140. The molecule has 1 aliphatic rings. The van der Waals surface area contributed by atoms with E-state index in [0.717, 1.165) is 21.6 Å². The van der Waals surface area contributed by atoms with Crippen molar-refractivity contribution in [3.05, 3.63) is 120 Å². The number of hydrogen-bond acceptors (Lipinski definition) is 8. The summed E-state index contributed by atoms with van der Waals surface area (Å²) >= 11 is 2.90. The minimum absolute atomic E-state index is 0.123. The van der Waals surface area contributed by atoms with Gasteiger partial charge in [-0.05, 0) is 60.2 Å². The average molecular weight is 573 g/mol. The van der Waals surface area contributed by atoms with Crippen molar-refractivity contribution in [1.29, 1.82) is 0 Å². The van der Waals surface area contributed by atoms with E-state index < -0.39 is 12.0 Å². The molecule has 7 nitrogen and oxygen atoms in total. The molecular formula is C31H28N2O5S2. The zero-order chi connectivity index (χ0) is 28.2. The summed E-state index contributed by atoms with van der Waals surface area (Å²) in [7, 11) is 3.14. The number of thioether (sulfide) groups is 1. The van der Waals surface area contributed by atoms with Gasteiger partial charge in [0.05, 0.1) is 36.1 Å². The molecular weight excluding hydrogens is 544 g/mol. The number of rotatable bonds is 8. The van der Waals surface area contributed by atoms with Crippen LogP contribution >= 0.6 is 23.1 Å². The van der Waals surface area contributed by atoms with E-state index in [1.165, 1.54) is 11.3 Å². The Labute approximate surface area is 240 Å². The van der Waals surface area contributed by atoms with Crippen LogP contribution in [-0.4, -0.2) is 31.0 Å². The van der Waals surface area contributed by atoms with Gasteiger partial charge in [0, 0.05) is 4.90 Å². The molecule has 1 atom stereocenters. The molecule has 0 fully saturated rings. The number of carbonyl (C=O) groups excluding carboxylic acids is 1. The first kappa shape index (κ1) is 27.5. The van der Waals surface area contributed by atoms with Crippen molar-refractivity contribution in [3.8, 4) is 11.5 Å². The summed E-state index contributed by atoms with van der Waals surface area (Å²) < 4.78 is 18.6. The van der Waals surface area contributed by atoms with Crippen LogP contribution in [0.4, 0.5) is 0 Å². The topological polar surface area (TPSA) is 79.1 Å². The van der Waals surface area contributed by atoms with Crippen molar-refractivity contribution in [2.45, 2.75) is 24.5 Å². The first-order chi connectivity index (χ1) is 19.4. The molecule has 0 saturated heterocycles. The predicted octanol–water partition coefficient (Wildman–Crippen LogP) is 4.72. The highest BCUT2D eigenvalue weighted by atomic mass is 32.2. The quantitative estimate of drug-likeness (QED) is 0.225. The van der Waals surface area contributed by atoms with Gasteiger partial charge in [0.2, 0.25) is 0 Å². The number of hydrogen-bond donors (Lipinski definition) is 0. The second-order valence-corrected chi connectivity index (χ2v) is 10.9. The lowest BCUT2D eigenvalue weighted by Crippen LogP contribution is -2.39. The maximum Gasteiger partial charge on any atom is 0.338 e. The van der Waals surface area contributed by atoms with Gasteiger partial charge in [-0.25, -0.2) is 9.79 Å². The van der Waals surface area contributed by atoms with Crippen LogP contribution in [0, 0.1) is 0 Å². The molecule has 0 amide bonds. The Morgan fingerprint density at radius 2 is 1.75 bits per heavy atom. The third-order valence-corrected chi connectivity index (χ3v) is 8.32. The lowest BCUT2D eigenvalue weighted by atomic mass is 9.96. The summed E-state index contributed by atoms with van der Waals surface area (Å²) in [6, 6.07) is 22.2. The normalized spacial score (nSPS) is 14.9. The fraction of sp³-hybridized carbons (Fsp3) is 0.194. The Morgan fingerprint density at radius 1 is 1.02 bits per heavy atom. The van der Waals surface area contributed by atoms with E-state index in [2.05, 4.69) is 4.99 Å². The van der Waals surface area contributed by atoms with Crippen LogP contribution in [0.25, 0.3) is 6.08 Å². The SMILES string of the molecule is COc1ccc(C=c2sc3n(c2=O)C(c2ccc(SC)cc2)C(C(=O)OCc2ccccc2)=C(C)N=3)cc1OC. The molecule has 3 aromatic carbocycles. The number of carbonyl (C=O) groups is 1. The molecule has 0 radical (unpaired) electrons. The van der Waals surface area contributed by atoms with Gasteiger partial charge in [0.25, 0.3) is 5.56 Å². The maximum atomic E-state index is 13.9. The largest absolute Gasteiger partial charge is 0.493 e. The van der Waals surface area contributed by atoms with Crippen molar-refractivity contribution < 1.29 is 19.0 Å².